The third-order valence-corrected chi connectivity index (χ3v) is 6.88. The summed E-state index contributed by atoms with van der Waals surface area (Å²) in [5.74, 6) is 0.326. The Balaban J connectivity index is 1.55. The Hall–Kier alpha value is -2.71. The van der Waals surface area contributed by atoms with E-state index in [4.69, 9.17) is 0 Å². The minimum atomic E-state index is -0.299. The molecule has 5 rings (SSSR count). The molecule has 0 fully saturated rings. The van der Waals surface area contributed by atoms with Gasteiger partial charge in [-0.2, -0.15) is 10.4 Å². The lowest BCUT2D eigenvalue weighted by Gasteiger charge is -2.30. The highest BCUT2D eigenvalue weighted by Crippen LogP contribution is 2.39. The number of carbonyl (C=O) groups is 1. The number of nitriles is 1. The molecule has 0 saturated heterocycles. The zero-order valence-electron chi connectivity index (χ0n) is 17.3. The van der Waals surface area contributed by atoms with E-state index in [1.54, 1.807) is 28.0 Å². The molecule has 158 valence electrons. The van der Waals surface area contributed by atoms with Crippen LogP contribution < -0.4 is 4.90 Å². The largest absolute Gasteiger partial charge is 0.391 e. The van der Waals surface area contributed by atoms with Crippen LogP contribution >= 0.6 is 22.6 Å². The van der Waals surface area contributed by atoms with Gasteiger partial charge in [-0.25, -0.2) is 9.67 Å². The first-order valence-corrected chi connectivity index (χ1v) is 11.2. The van der Waals surface area contributed by atoms with Gasteiger partial charge in [0.1, 0.15) is 26.8 Å². The lowest BCUT2D eigenvalue weighted by Crippen LogP contribution is -2.41. The van der Waals surface area contributed by atoms with Gasteiger partial charge in [-0.15, -0.1) is 0 Å². The summed E-state index contributed by atoms with van der Waals surface area (Å²) in [5.41, 5.74) is 5.01. The van der Waals surface area contributed by atoms with Crippen molar-refractivity contribution >= 4 is 34.3 Å². The van der Waals surface area contributed by atoms with E-state index in [9.17, 15) is 15.2 Å². The summed E-state index contributed by atoms with van der Waals surface area (Å²) in [6.07, 6.45) is 5.18. The molecule has 0 aromatic carbocycles. The maximum absolute atomic E-state index is 13.4. The van der Waals surface area contributed by atoms with Crippen LogP contribution in [-0.2, 0) is 26.0 Å². The first-order chi connectivity index (χ1) is 14.8. The summed E-state index contributed by atoms with van der Waals surface area (Å²) in [4.78, 5) is 19.5. The molecule has 1 amide bonds. The number of aliphatic hydroxyl groups is 1. The smallest absolute Gasteiger partial charge is 0.276 e. The first kappa shape index (κ1) is 20.2. The van der Waals surface area contributed by atoms with Gasteiger partial charge in [0.05, 0.1) is 12.3 Å². The molecule has 8 nitrogen and oxygen atoms in total. The van der Waals surface area contributed by atoms with Crippen molar-refractivity contribution in [1.82, 2.24) is 19.3 Å². The number of hydrogen-bond donors (Lipinski definition) is 1. The van der Waals surface area contributed by atoms with Gasteiger partial charge in [-0.1, -0.05) is 13.8 Å². The number of fused-ring (bicyclic) bond motifs is 3. The number of anilines is 1. The summed E-state index contributed by atoms with van der Waals surface area (Å²) >= 11 is 2.00. The van der Waals surface area contributed by atoms with Crippen LogP contribution in [0, 0.1) is 20.4 Å². The third kappa shape index (κ3) is 3.16. The van der Waals surface area contributed by atoms with Crippen molar-refractivity contribution in [2.75, 3.05) is 11.4 Å². The normalized spacial score (nSPS) is 16.9. The molecule has 0 saturated carbocycles. The topological polar surface area (TPSA) is 100.0 Å². The molecule has 1 aliphatic carbocycles. The van der Waals surface area contributed by atoms with Crippen LogP contribution in [0.5, 0.6) is 0 Å². The monoisotopic (exact) mass is 528 g/mol. The fourth-order valence-electron chi connectivity index (χ4n) is 4.73. The van der Waals surface area contributed by atoms with Gasteiger partial charge < -0.3 is 9.67 Å². The maximum atomic E-state index is 13.4. The SMILES string of the molecule is CC1(C)Cc2cc3n(c2C1)CCN(c1nccc(-n2cc(C#N)c(I)n2)c1CO)C3=O. The highest BCUT2D eigenvalue weighted by Gasteiger charge is 2.37. The molecule has 4 heterocycles. The van der Waals surface area contributed by atoms with Gasteiger partial charge in [-0.3, -0.25) is 9.69 Å². The lowest BCUT2D eigenvalue weighted by molar-refractivity contribution is 0.0962. The first-order valence-electron chi connectivity index (χ1n) is 10.1. The summed E-state index contributed by atoms with van der Waals surface area (Å²) in [7, 11) is 0. The average Bonchev–Trinajstić information content (AvgIpc) is 3.37. The van der Waals surface area contributed by atoms with Crippen molar-refractivity contribution in [3.8, 4) is 11.8 Å². The van der Waals surface area contributed by atoms with Crippen molar-refractivity contribution in [3.63, 3.8) is 0 Å². The molecule has 9 heteroatoms. The van der Waals surface area contributed by atoms with E-state index in [2.05, 4.69) is 34.6 Å². The molecule has 0 atom stereocenters. The lowest BCUT2D eigenvalue weighted by atomic mass is 9.90. The number of nitrogens with zero attached hydrogens (tertiary/aromatic N) is 6. The molecule has 31 heavy (non-hydrogen) atoms. The number of pyridine rings is 1. The zero-order chi connectivity index (χ0) is 21.9. The second kappa shape index (κ2) is 7.17. The number of halogens is 1. The molecular weight excluding hydrogens is 507 g/mol. The van der Waals surface area contributed by atoms with Crippen LogP contribution in [0.15, 0.2) is 24.5 Å². The van der Waals surface area contributed by atoms with Gasteiger partial charge in [0.25, 0.3) is 5.91 Å². The second-order valence-electron chi connectivity index (χ2n) is 8.81. The van der Waals surface area contributed by atoms with Crippen molar-refractivity contribution in [3.05, 3.63) is 56.3 Å². The van der Waals surface area contributed by atoms with Gasteiger partial charge in [0, 0.05) is 36.7 Å². The van der Waals surface area contributed by atoms with Crippen LogP contribution in [0.1, 0.15) is 46.7 Å². The predicted octanol–water partition coefficient (Wildman–Crippen LogP) is 2.82. The van der Waals surface area contributed by atoms with Gasteiger partial charge in [-0.05, 0) is 58.5 Å². The van der Waals surface area contributed by atoms with Crippen molar-refractivity contribution in [2.24, 2.45) is 5.41 Å². The molecule has 3 aromatic rings. The van der Waals surface area contributed by atoms with Crippen molar-refractivity contribution < 1.29 is 9.90 Å². The number of rotatable bonds is 3. The van der Waals surface area contributed by atoms with E-state index in [-0.39, 0.29) is 17.9 Å². The fourth-order valence-corrected chi connectivity index (χ4v) is 5.23. The molecule has 1 aliphatic heterocycles. The predicted molar refractivity (Wildman–Crippen MR) is 122 cm³/mol. The second-order valence-corrected chi connectivity index (χ2v) is 9.83. The van der Waals surface area contributed by atoms with Gasteiger partial charge >= 0.3 is 0 Å². The molecule has 3 aromatic heterocycles. The molecule has 0 radical (unpaired) electrons. The Morgan fingerprint density at radius 3 is 2.84 bits per heavy atom. The third-order valence-electron chi connectivity index (χ3n) is 6.08. The van der Waals surface area contributed by atoms with E-state index < -0.39 is 0 Å². The van der Waals surface area contributed by atoms with Crippen LogP contribution in [0.3, 0.4) is 0 Å². The Labute approximate surface area is 193 Å². The standard InChI is InChI=1S/C22H21IN6O2/c1-22(2)8-13-7-17-21(31)28(6-5-27(17)18(13)9-22)20-15(12-30)16(3-4-25-20)29-11-14(10-24)19(23)26-29/h3-4,7,11,30H,5-6,8-9,12H2,1-2H3. The highest BCUT2D eigenvalue weighted by molar-refractivity contribution is 14.1. The number of hydrogen-bond acceptors (Lipinski definition) is 5. The molecular formula is C22H21IN6O2. The molecule has 0 spiro atoms. The van der Waals surface area contributed by atoms with Crippen LogP contribution in [0.25, 0.3) is 5.69 Å². The summed E-state index contributed by atoms with van der Waals surface area (Å²) in [5, 5.41) is 23.8. The summed E-state index contributed by atoms with van der Waals surface area (Å²) < 4.78 is 4.29. The minimum absolute atomic E-state index is 0.106. The minimum Gasteiger partial charge on any atom is -0.391 e. The molecule has 0 unspecified atom stereocenters. The number of amides is 1. The quantitative estimate of drug-likeness (QED) is 0.528. The number of carbonyl (C=O) groups excluding carboxylic acids is 1. The molecule has 0 bridgehead atoms. The maximum Gasteiger partial charge on any atom is 0.276 e. The Morgan fingerprint density at radius 2 is 2.13 bits per heavy atom. The van der Waals surface area contributed by atoms with Crippen LogP contribution in [-0.4, -0.2) is 36.9 Å². The highest BCUT2D eigenvalue weighted by atomic mass is 127. The Bertz CT molecular complexity index is 1270. The fraction of sp³-hybridized carbons (Fsp3) is 0.364. The Morgan fingerprint density at radius 1 is 1.32 bits per heavy atom. The van der Waals surface area contributed by atoms with Crippen LogP contribution in [0.2, 0.25) is 0 Å². The summed E-state index contributed by atoms with van der Waals surface area (Å²) in [6.45, 7) is 5.40. The number of aliphatic hydroxyl groups excluding tert-OH is 1. The Kier molecular flexibility index (Phi) is 4.67. The number of aromatic nitrogens is 4. The van der Waals surface area contributed by atoms with Crippen molar-refractivity contribution in [1.29, 1.82) is 5.26 Å². The van der Waals surface area contributed by atoms with Crippen LogP contribution in [0.4, 0.5) is 5.82 Å². The van der Waals surface area contributed by atoms with Gasteiger partial charge in [0.15, 0.2) is 0 Å². The average molecular weight is 528 g/mol. The zero-order valence-corrected chi connectivity index (χ0v) is 19.4. The van der Waals surface area contributed by atoms with E-state index in [1.807, 2.05) is 28.7 Å². The van der Waals surface area contributed by atoms with E-state index in [1.165, 1.54) is 11.3 Å². The molecule has 1 N–H and O–H groups in total. The van der Waals surface area contributed by atoms with E-state index in [0.717, 1.165) is 12.8 Å². The van der Waals surface area contributed by atoms with E-state index >= 15 is 0 Å². The van der Waals surface area contributed by atoms with Crippen molar-refractivity contribution in [2.45, 2.75) is 39.8 Å². The van der Waals surface area contributed by atoms with E-state index in [0.29, 0.717) is 45.1 Å². The molecule has 2 aliphatic rings. The summed E-state index contributed by atoms with van der Waals surface area (Å²) in [6, 6.07) is 5.86. The van der Waals surface area contributed by atoms with Gasteiger partial charge in [0.2, 0.25) is 0 Å².